The summed E-state index contributed by atoms with van der Waals surface area (Å²) in [7, 11) is 0. The molecule has 2 aromatic rings. The molecule has 0 bridgehead atoms. The standard InChI is InChI=1S/C17H16ClN7O2/c1-3-10(2)20-14-13(18)22-23-17(21-14)24(8-19)9-25-15(26)11-6-4-5-7-12(11)16(25)27/h4-7,10H,3,9H2,1-2H3,(H,20,21,23). The number of rotatable bonds is 6. The molecule has 2 heterocycles. The number of aromatic nitrogens is 3. The second-order valence-electron chi connectivity index (χ2n) is 5.96. The molecule has 27 heavy (non-hydrogen) atoms. The summed E-state index contributed by atoms with van der Waals surface area (Å²) >= 11 is 6.00. The molecule has 0 saturated heterocycles. The smallest absolute Gasteiger partial charge is 0.263 e. The van der Waals surface area contributed by atoms with Gasteiger partial charge < -0.3 is 5.32 Å². The van der Waals surface area contributed by atoms with Crippen LogP contribution in [0.2, 0.25) is 5.15 Å². The van der Waals surface area contributed by atoms with Crippen LogP contribution >= 0.6 is 11.6 Å². The van der Waals surface area contributed by atoms with E-state index >= 15 is 0 Å². The average molecular weight is 386 g/mol. The molecular weight excluding hydrogens is 370 g/mol. The SMILES string of the molecule is CCC(C)Nc1nc(N(C#N)CN2C(=O)c3ccccc3C2=O)nnc1Cl. The molecule has 9 nitrogen and oxygen atoms in total. The van der Waals surface area contributed by atoms with Gasteiger partial charge in [0, 0.05) is 6.04 Å². The number of carbonyl (C=O) groups is 2. The van der Waals surface area contributed by atoms with Gasteiger partial charge in [0.15, 0.2) is 17.2 Å². The van der Waals surface area contributed by atoms with Crippen LogP contribution in [-0.4, -0.2) is 44.6 Å². The normalized spacial score (nSPS) is 13.9. The summed E-state index contributed by atoms with van der Waals surface area (Å²) in [4.78, 5) is 31.1. The summed E-state index contributed by atoms with van der Waals surface area (Å²) in [6, 6.07) is 6.57. The lowest BCUT2D eigenvalue weighted by atomic mass is 10.1. The van der Waals surface area contributed by atoms with Gasteiger partial charge in [0.1, 0.15) is 6.67 Å². The highest BCUT2D eigenvalue weighted by atomic mass is 35.5. The minimum Gasteiger partial charge on any atom is -0.365 e. The van der Waals surface area contributed by atoms with Crippen LogP contribution in [0.15, 0.2) is 24.3 Å². The van der Waals surface area contributed by atoms with E-state index in [9.17, 15) is 14.9 Å². The molecule has 0 radical (unpaired) electrons. The molecular formula is C17H16ClN7O2. The van der Waals surface area contributed by atoms with Crippen LogP contribution in [0.4, 0.5) is 11.8 Å². The Bertz CT molecular complexity index is 908. The highest BCUT2D eigenvalue weighted by Crippen LogP contribution is 2.24. The number of anilines is 2. The van der Waals surface area contributed by atoms with Crippen LogP contribution in [0.5, 0.6) is 0 Å². The Morgan fingerprint density at radius 2 is 1.89 bits per heavy atom. The predicted molar refractivity (Wildman–Crippen MR) is 98.1 cm³/mol. The van der Waals surface area contributed by atoms with Crippen molar-refractivity contribution in [3.8, 4) is 6.19 Å². The van der Waals surface area contributed by atoms with Crippen molar-refractivity contribution in [1.82, 2.24) is 20.1 Å². The summed E-state index contributed by atoms with van der Waals surface area (Å²) in [5.41, 5.74) is 0.601. The van der Waals surface area contributed by atoms with E-state index in [1.165, 1.54) is 0 Å². The molecule has 1 aromatic carbocycles. The molecule has 0 saturated carbocycles. The molecule has 0 fully saturated rings. The fourth-order valence-corrected chi connectivity index (χ4v) is 2.63. The highest BCUT2D eigenvalue weighted by Gasteiger charge is 2.36. The zero-order valence-corrected chi connectivity index (χ0v) is 15.4. The van der Waals surface area contributed by atoms with Crippen LogP contribution < -0.4 is 10.2 Å². The van der Waals surface area contributed by atoms with Gasteiger partial charge in [0.05, 0.1) is 11.1 Å². The fraction of sp³-hybridized carbons (Fsp3) is 0.294. The number of imide groups is 1. The summed E-state index contributed by atoms with van der Waals surface area (Å²) in [6.07, 6.45) is 2.70. The van der Waals surface area contributed by atoms with E-state index in [4.69, 9.17) is 11.6 Å². The van der Waals surface area contributed by atoms with Gasteiger partial charge in [-0.1, -0.05) is 30.7 Å². The van der Waals surface area contributed by atoms with E-state index in [-0.39, 0.29) is 29.6 Å². The third-order valence-electron chi connectivity index (χ3n) is 4.15. The number of halogens is 1. The van der Waals surface area contributed by atoms with Crippen molar-refractivity contribution >= 4 is 35.2 Å². The highest BCUT2D eigenvalue weighted by molar-refractivity contribution is 6.31. The number of carbonyl (C=O) groups excluding carboxylic acids is 2. The monoisotopic (exact) mass is 385 g/mol. The first-order valence-electron chi connectivity index (χ1n) is 8.25. The van der Waals surface area contributed by atoms with E-state index in [0.29, 0.717) is 11.1 Å². The lowest BCUT2D eigenvalue weighted by molar-refractivity contribution is 0.0658. The van der Waals surface area contributed by atoms with E-state index < -0.39 is 11.8 Å². The minimum atomic E-state index is -0.476. The molecule has 1 aliphatic rings. The quantitative estimate of drug-likeness (QED) is 0.457. The largest absolute Gasteiger partial charge is 0.365 e. The second kappa shape index (κ2) is 7.55. The number of hydrogen-bond donors (Lipinski definition) is 1. The molecule has 0 aliphatic carbocycles. The van der Waals surface area contributed by atoms with Gasteiger partial charge >= 0.3 is 0 Å². The van der Waals surface area contributed by atoms with Gasteiger partial charge in [-0.05, 0) is 25.5 Å². The molecule has 1 aliphatic heterocycles. The number of nitrogens with zero attached hydrogens (tertiary/aromatic N) is 6. The summed E-state index contributed by atoms with van der Waals surface area (Å²) < 4.78 is 0. The van der Waals surface area contributed by atoms with E-state index in [1.54, 1.807) is 24.3 Å². The van der Waals surface area contributed by atoms with Gasteiger partial charge in [-0.2, -0.15) is 10.2 Å². The Balaban J connectivity index is 1.85. The molecule has 1 unspecified atom stereocenters. The Labute approximate surface area is 160 Å². The van der Waals surface area contributed by atoms with Gasteiger partial charge in [0.25, 0.3) is 17.8 Å². The van der Waals surface area contributed by atoms with Crippen LogP contribution in [0.25, 0.3) is 0 Å². The molecule has 0 spiro atoms. The van der Waals surface area contributed by atoms with Gasteiger partial charge in [-0.15, -0.1) is 10.2 Å². The first kappa shape index (κ1) is 18.5. The molecule has 3 rings (SSSR count). The number of hydrogen-bond acceptors (Lipinski definition) is 8. The van der Waals surface area contributed by atoms with E-state index in [1.807, 2.05) is 20.0 Å². The summed E-state index contributed by atoms with van der Waals surface area (Å²) in [5.74, 6) is -0.741. The molecule has 2 amide bonds. The minimum absolute atomic E-state index is 0.0655. The number of nitriles is 1. The molecule has 1 N–H and O–H groups in total. The van der Waals surface area contributed by atoms with E-state index in [0.717, 1.165) is 16.2 Å². The third-order valence-corrected chi connectivity index (χ3v) is 4.41. The Hall–Kier alpha value is -3.25. The Morgan fingerprint density at radius 1 is 1.26 bits per heavy atom. The molecule has 1 atom stereocenters. The van der Waals surface area contributed by atoms with Crippen molar-refractivity contribution in [3.63, 3.8) is 0 Å². The molecule has 1 aromatic heterocycles. The van der Waals surface area contributed by atoms with Crippen molar-refractivity contribution < 1.29 is 9.59 Å². The molecule has 138 valence electrons. The number of fused-ring (bicyclic) bond motifs is 1. The number of amides is 2. The first-order valence-corrected chi connectivity index (χ1v) is 8.63. The van der Waals surface area contributed by atoms with Crippen LogP contribution in [0.3, 0.4) is 0 Å². The van der Waals surface area contributed by atoms with Crippen LogP contribution in [0, 0.1) is 11.5 Å². The second-order valence-corrected chi connectivity index (χ2v) is 6.32. The van der Waals surface area contributed by atoms with Gasteiger partial charge in [0.2, 0.25) is 0 Å². The topological polar surface area (TPSA) is 115 Å². The summed E-state index contributed by atoms with van der Waals surface area (Å²) in [6.45, 7) is 3.61. The maximum Gasteiger partial charge on any atom is 0.263 e. The first-order chi connectivity index (χ1) is 13.0. The maximum absolute atomic E-state index is 12.5. The third kappa shape index (κ3) is 3.52. The zero-order valence-electron chi connectivity index (χ0n) is 14.7. The average Bonchev–Trinajstić information content (AvgIpc) is 2.92. The van der Waals surface area contributed by atoms with Gasteiger partial charge in [-0.25, -0.2) is 4.90 Å². The number of nitrogens with one attached hydrogen (secondary N) is 1. The summed E-state index contributed by atoms with van der Waals surface area (Å²) in [5, 5.41) is 20.2. The molecule has 10 heteroatoms. The van der Waals surface area contributed by atoms with Crippen LogP contribution in [-0.2, 0) is 0 Å². The Morgan fingerprint density at radius 3 is 2.44 bits per heavy atom. The van der Waals surface area contributed by atoms with Crippen molar-refractivity contribution in [2.24, 2.45) is 0 Å². The zero-order chi connectivity index (χ0) is 19.6. The van der Waals surface area contributed by atoms with Gasteiger partial charge in [-0.3, -0.25) is 14.5 Å². The van der Waals surface area contributed by atoms with Crippen molar-refractivity contribution in [3.05, 3.63) is 40.5 Å². The fourth-order valence-electron chi connectivity index (χ4n) is 2.49. The Kier molecular flexibility index (Phi) is 5.19. The lowest BCUT2D eigenvalue weighted by Gasteiger charge is -2.20. The van der Waals surface area contributed by atoms with Crippen LogP contribution in [0.1, 0.15) is 41.0 Å². The lowest BCUT2D eigenvalue weighted by Crippen LogP contribution is -2.40. The number of benzene rings is 1. The van der Waals surface area contributed by atoms with Crippen molar-refractivity contribution in [1.29, 1.82) is 5.26 Å². The van der Waals surface area contributed by atoms with E-state index in [2.05, 4.69) is 20.5 Å². The van der Waals surface area contributed by atoms with Crippen molar-refractivity contribution in [2.45, 2.75) is 26.3 Å². The maximum atomic E-state index is 12.5. The predicted octanol–water partition coefficient (Wildman–Crippen LogP) is 2.28. The van der Waals surface area contributed by atoms with Crippen molar-refractivity contribution in [2.75, 3.05) is 16.9 Å².